The van der Waals surface area contributed by atoms with E-state index in [4.69, 9.17) is 4.74 Å². The first-order valence-electron chi connectivity index (χ1n) is 9.45. The molecule has 26 heavy (non-hydrogen) atoms. The molecule has 138 valence electrons. The molecule has 2 N–H and O–H groups in total. The zero-order valence-electron chi connectivity index (χ0n) is 14.9. The zero-order valence-corrected chi connectivity index (χ0v) is 14.9. The summed E-state index contributed by atoms with van der Waals surface area (Å²) in [5.74, 6) is 2.97. The fourth-order valence-corrected chi connectivity index (χ4v) is 3.68. The first kappa shape index (κ1) is 16.9. The van der Waals surface area contributed by atoms with Gasteiger partial charge in [-0.3, -0.25) is 0 Å². The topological polar surface area (TPSA) is 81.1 Å². The summed E-state index contributed by atoms with van der Waals surface area (Å²) >= 11 is 0. The Bertz CT molecular complexity index is 773. The number of carbonyl (C=O) groups is 1. The Kier molecular flexibility index (Phi) is 5.04. The molecule has 2 aliphatic rings. The van der Waals surface area contributed by atoms with Crippen molar-refractivity contribution in [1.82, 2.24) is 25.4 Å². The van der Waals surface area contributed by atoms with Crippen LogP contribution in [-0.4, -0.2) is 40.0 Å². The molecule has 1 aromatic heterocycles. The van der Waals surface area contributed by atoms with E-state index >= 15 is 0 Å². The summed E-state index contributed by atoms with van der Waals surface area (Å²) in [6.45, 7) is 2.04. The number of nitrogens with zero attached hydrogens (tertiary/aromatic N) is 3. The Labute approximate surface area is 153 Å². The van der Waals surface area contributed by atoms with E-state index in [0.29, 0.717) is 19.6 Å². The monoisotopic (exact) mass is 355 g/mol. The van der Waals surface area contributed by atoms with E-state index in [0.717, 1.165) is 42.3 Å². The molecule has 0 saturated heterocycles. The molecule has 2 amide bonds. The molecule has 4 rings (SSSR count). The fourth-order valence-electron chi connectivity index (χ4n) is 3.68. The maximum Gasteiger partial charge on any atom is 0.315 e. The molecule has 7 nitrogen and oxygen atoms in total. The minimum atomic E-state index is -0.159. The Morgan fingerprint density at radius 2 is 2.15 bits per heavy atom. The number of benzene rings is 1. The lowest BCUT2D eigenvalue weighted by atomic mass is 10.0. The van der Waals surface area contributed by atoms with Crippen molar-refractivity contribution in [3.05, 3.63) is 41.5 Å². The molecule has 1 aromatic carbocycles. The van der Waals surface area contributed by atoms with Crippen molar-refractivity contribution >= 4 is 6.03 Å². The quantitative estimate of drug-likeness (QED) is 0.877. The van der Waals surface area contributed by atoms with E-state index in [-0.39, 0.29) is 12.1 Å². The predicted molar refractivity (Wildman–Crippen MR) is 97.2 cm³/mol. The Morgan fingerprint density at radius 1 is 1.23 bits per heavy atom. The Morgan fingerprint density at radius 3 is 3.12 bits per heavy atom. The summed E-state index contributed by atoms with van der Waals surface area (Å²) in [5, 5.41) is 14.5. The molecule has 1 atom stereocenters. The van der Waals surface area contributed by atoms with Crippen molar-refractivity contribution in [3.8, 4) is 5.75 Å². The summed E-state index contributed by atoms with van der Waals surface area (Å²) < 4.78 is 7.93. The average molecular weight is 355 g/mol. The SMILES string of the molecule is O=C(NCCc1nnc2n1CCCCC2)NC1COc2ccccc2C1. The van der Waals surface area contributed by atoms with Crippen LogP contribution < -0.4 is 15.4 Å². The van der Waals surface area contributed by atoms with E-state index in [1.807, 2.05) is 24.3 Å². The second kappa shape index (κ2) is 7.76. The smallest absolute Gasteiger partial charge is 0.315 e. The number of hydrogen-bond donors (Lipinski definition) is 2. The molecule has 0 fully saturated rings. The highest BCUT2D eigenvalue weighted by molar-refractivity contribution is 5.74. The number of fused-ring (bicyclic) bond motifs is 2. The van der Waals surface area contributed by atoms with Crippen LogP contribution in [0.15, 0.2) is 24.3 Å². The van der Waals surface area contributed by atoms with Crippen LogP contribution in [0, 0.1) is 0 Å². The molecule has 1 unspecified atom stereocenters. The number of ether oxygens (including phenoxy) is 1. The van der Waals surface area contributed by atoms with E-state index in [1.54, 1.807) is 0 Å². The van der Waals surface area contributed by atoms with Gasteiger partial charge in [-0.25, -0.2) is 4.79 Å². The van der Waals surface area contributed by atoms with Gasteiger partial charge in [-0.2, -0.15) is 0 Å². The third-order valence-corrected chi connectivity index (χ3v) is 5.03. The van der Waals surface area contributed by atoms with Gasteiger partial charge in [0.15, 0.2) is 0 Å². The van der Waals surface area contributed by atoms with Gasteiger partial charge in [0.1, 0.15) is 24.0 Å². The fraction of sp³-hybridized carbons (Fsp3) is 0.526. The van der Waals surface area contributed by atoms with Gasteiger partial charge in [-0.05, 0) is 30.9 Å². The number of urea groups is 1. The minimum absolute atomic E-state index is 0.00531. The highest BCUT2D eigenvalue weighted by Crippen LogP contribution is 2.23. The number of aryl methyl sites for hydroxylation is 1. The van der Waals surface area contributed by atoms with Crippen LogP contribution in [0.3, 0.4) is 0 Å². The maximum atomic E-state index is 12.2. The molecular weight excluding hydrogens is 330 g/mol. The van der Waals surface area contributed by atoms with Gasteiger partial charge in [0.05, 0.1) is 6.04 Å². The van der Waals surface area contributed by atoms with Crippen LogP contribution in [0.1, 0.15) is 36.5 Å². The third-order valence-electron chi connectivity index (χ3n) is 5.03. The number of amides is 2. The summed E-state index contributed by atoms with van der Waals surface area (Å²) in [6.07, 6.45) is 6.10. The lowest BCUT2D eigenvalue weighted by Gasteiger charge is -2.26. The van der Waals surface area contributed by atoms with E-state index in [1.165, 1.54) is 19.3 Å². The first-order valence-corrected chi connectivity index (χ1v) is 9.45. The van der Waals surface area contributed by atoms with Crippen LogP contribution in [0.4, 0.5) is 4.79 Å². The molecule has 7 heteroatoms. The average Bonchev–Trinajstić information content (AvgIpc) is 2.88. The highest BCUT2D eigenvalue weighted by Gasteiger charge is 2.21. The highest BCUT2D eigenvalue weighted by atomic mass is 16.5. The molecular formula is C19H25N5O2. The molecule has 0 saturated carbocycles. The Hall–Kier alpha value is -2.57. The number of para-hydroxylation sites is 1. The molecule has 0 spiro atoms. The van der Waals surface area contributed by atoms with E-state index in [2.05, 4.69) is 25.4 Å². The standard InChI is InChI=1S/C19H25N5O2/c25-19(21-15-12-14-6-3-4-7-16(14)26-13-15)20-10-9-18-23-22-17-8-2-1-5-11-24(17)18/h3-4,6-7,15H,1-2,5,8-13H2,(H2,20,21,25). The van der Waals surface area contributed by atoms with Gasteiger partial charge < -0.3 is 19.9 Å². The van der Waals surface area contributed by atoms with Crippen molar-refractivity contribution in [3.63, 3.8) is 0 Å². The zero-order chi connectivity index (χ0) is 17.8. The number of nitrogens with one attached hydrogen (secondary N) is 2. The van der Waals surface area contributed by atoms with Crippen LogP contribution in [0.25, 0.3) is 0 Å². The molecule has 0 aliphatic carbocycles. The van der Waals surface area contributed by atoms with Gasteiger partial charge >= 0.3 is 6.03 Å². The first-order chi connectivity index (χ1) is 12.8. The second-order valence-electron chi connectivity index (χ2n) is 6.96. The van der Waals surface area contributed by atoms with Gasteiger partial charge in [-0.15, -0.1) is 10.2 Å². The molecule has 2 aromatic rings. The van der Waals surface area contributed by atoms with E-state index in [9.17, 15) is 4.79 Å². The molecule has 0 bridgehead atoms. The predicted octanol–water partition coefficient (Wildman–Crippen LogP) is 1.85. The molecule has 0 radical (unpaired) electrons. The number of hydrogen-bond acceptors (Lipinski definition) is 4. The van der Waals surface area contributed by atoms with Crippen molar-refractivity contribution in [1.29, 1.82) is 0 Å². The molecule has 2 aliphatic heterocycles. The largest absolute Gasteiger partial charge is 0.491 e. The lowest BCUT2D eigenvalue weighted by Crippen LogP contribution is -2.47. The van der Waals surface area contributed by atoms with E-state index < -0.39 is 0 Å². The Balaban J connectivity index is 1.24. The number of aromatic nitrogens is 3. The van der Waals surface area contributed by atoms with Crippen LogP contribution in [-0.2, 0) is 25.8 Å². The van der Waals surface area contributed by atoms with Crippen molar-refractivity contribution in [2.75, 3.05) is 13.2 Å². The van der Waals surface area contributed by atoms with Crippen molar-refractivity contribution < 1.29 is 9.53 Å². The van der Waals surface area contributed by atoms with Crippen molar-refractivity contribution in [2.24, 2.45) is 0 Å². The minimum Gasteiger partial charge on any atom is -0.491 e. The van der Waals surface area contributed by atoms with Crippen LogP contribution in [0.5, 0.6) is 5.75 Å². The van der Waals surface area contributed by atoms with Crippen LogP contribution in [0.2, 0.25) is 0 Å². The van der Waals surface area contributed by atoms with Crippen molar-refractivity contribution in [2.45, 2.75) is 51.1 Å². The summed E-state index contributed by atoms with van der Waals surface area (Å²) in [6, 6.07) is 7.80. The van der Waals surface area contributed by atoms with Gasteiger partial charge in [0, 0.05) is 25.9 Å². The summed E-state index contributed by atoms with van der Waals surface area (Å²) in [5.41, 5.74) is 1.13. The lowest BCUT2D eigenvalue weighted by molar-refractivity contribution is 0.214. The van der Waals surface area contributed by atoms with Gasteiger partial charge in [0.2, 0.25) is 0 Å². The summed E-state index contributed by atoms with van der Waals surface area (Å²) in [7, 11) is 0. The summed E-state index contributed by atoms with van der Waals surface area (Å²) in [4.78, 5) is 12.2. The number of rotatable bonds is 4. The number of carbonyl (C=O) groups excluding carboxylic acids is 1. The van der Waals surface area contributed by atoms with Gasteiger partial charge in [-0.1, -0.05) is 24.6 Å². The normalized spacial score (nSPS) is 18.8. The van der Waals surface area contributed by atoms with Gasteiger partial charge in [0.25, 0.3) is 0 Å². The third kappa shape index (κ3) is 3.81. The molecule has 3 heterocycles. The maximum absolute atomic E-state index is 12.2. The second-order valence-corrected chi connectivity index (χ2v) is 6.96. The van der Waals surface area contributed by atoms with Crippen LogP contribution >= 0.6 is 0 Å².